The Kier molecular flexibility index (Phi) is 3.96. The summed E-state index contributed by atoms with van der Waals surface area (Å²) in [5.74, 6) is -0.316. The standard InChI is InChI=1S/C12H22N2O3S/c13-8-12(4-1-2-5-12)9-14-11(15)10-3-6-18(16,17)7-10/h10H,1-9,13H2,(H,14,15). The molecule has 18 heavy (non-hydrogen) atoms. The average molecular weight is 274 g/mol. The molecule has 2 rings (SSSR count). The summed E-state index contributed by atoms with van der Waals surface area (Å²) in [6, 6.07) is 0. The quantitative estimate of drug-likeness (QED) is 0.758. The minimum absolute atomic E-state index is 0.00839. The average Bonchev–Trinajstić information content (AvgIpc) is 2.93. The van der Waals surface area contributed by atoms with Crippen molar-refractivity contribution in [3.63, 3.8) is 0 Å². The molecule has 1 amide bonds. The number of sulfone groups is 1. The van der Waals surface area contributed by atoms with E-state index >= 15 is 0 Å². The number of carbonyl (C=O) groups is 1. The Bertz CT molecular complexity index is 413. The Labute approximate surface area is 108 Å². The second-order valence-electron chi connectivity index (χ2n) is 5.73. The summed E-state index contributed by atoms with van der Waals surface area (Å²) in [7, 11) is -2.98. The summed E-state index contributed by atoms with van der Waals surface area (Å²) >= 11 is 0. The minimum Gasteiger partial charge on any atom is -0.355 e. The zero-order chi connectivity index (χ0) is 13.2. The van der Waals surface area contributed by atoms with Crippen molar-refractivity contribution in [1.82, 2.24) is 5.32 Å². The maximum Gasteiger partial charge on any atom is 0.224 e. The van der Waals surface area contributed by atoms with Gasteiger partial charge in [0.05, 0.1) is 17.4 Å². The number of carbonyl (C=O) groups excluding carboxylic acids is 1. The normalized spacial score (nSPS) is 29.3. The Morgan fingerprint density at radius 2 is 2.00 bits per heavy atom. The summed E-state index contributed by atoms with van der Waals surface area (Å²) in [4.78, 5) is 11.9. The molecule has 5 nitrogen and oxygen atoms in total. The van der Waals surface area contributed by atoms with Crippen LogP contribution in [0, 0.1) is 11.3 Å². The molecule has 1 aliphatic carbocycles. The van der Waals surface area contributed by atoms with Crippen LogP contribution in [0.3, 0.4) is 0 Å². The minimum atomic E-state index is -2.98. The lowest BCUT2D eigenvalue weighted by Crippen LogP contribution is -2.43. The molecule has 0 spiro atoms. The van der Waals surface area contributed by atoms with Crippen LogP contribution in [0.2, 0.25) is 0 Å². The second kappa shape index (κ2) is 5.17. The third-order valence-corrected chi connectivity index (χ3v) is 6.11. The topological polar surface area (TPSA) is 89.3 Å². The van der Waals surface area contributed by atoms with Crippen LogP contribution in [-0.2, 0) is 14.6 Å². The zero-order valence-corrected chi connectivity index (χ0v) is 11.5. The SMILES string of the molecule is NCC1(CNC(=O)C2CCS(=O)(=O)C2)CCCC1. The summed E-state index contributed by atoms with van der Waals surface area (Å²) in [6.07, 6.45) is 4.93. The first-order valence-corrected chi connectivity index (χ1v) is 8.47. The highest BCUT2D eigenvalue weighted by atomic mass is 32.2. The first kappa shape index (κ1) is 13.8. The number of hydrogen-bond donors (Lipinski definition) is 2. The van der Waals surface area contributed by atoms with E-state index in [9.17, 15) is 13.2 Å². The van der Waals surface area contributed by atoms with Crippen molar-refractivity contribution in [2.45, 2.75) is 32.1 Å². The van der Waals surface area contributed by atoms with E-state index in [4.69, 9.17) is 5.73 Å². The third-order valence-electron chi connectivity index (χ3n) is 4.34. The zero-order valence-electron chi connectivity index (χ0n) is 10.7. The number of amides is 1. The van der Waals surface area contributed by atoms with Crippen LogP contribution < -0.4 is 11.1 Å². The molecule has 0 radical (unpaired) electrons. The van der Waals surface area contributed by atoms with E-state index in [2.05, 4.69) is 5.32 Å². The van der Waals surface area contributed by atoms with E-state index < -0.39 is 9.84 Å². The van der Waals surface area contributed by atoms with Crippen molar-refractivity contribution in [1.29, 1.82) is 0 Å². The lowest BCUT2D eigenvalue weighted by Gasteiger charge is -2.27. The predicted octanol–water partition coefficient (Wildman–Crippen LogP) is 0.0564. The van der Waals surface area contributed by atoms with Gasteiger partial charge < -0.3 is 11.1 Å². The van der Waals surface area contributed by atoms with Gasteiger partial charge in [-0.2, -0.15) is 0 Å². The predicted molar refractivity (Wildman–Crippen MR) is 69.7 cm³/mol. The molecule has 1 unspecified atom stereocenters. The molecule has 1 saturated heterocycles. The van der Waals surface area contributed by atoms with Gasteiger partial charge in [0, 0.05) is 6.54 Å². The molecule has 1 saturated carbocycles. The van der Waals surface area contributed by atoms with Gasteiger partial charge in [-0.25, -0.2) is 8.42 Å². The van der Waals surface area contributed by atoms with E-state index in [1.165, 1.54) is 12.8 Å². The largest absolute Gasteiger partial charge is 0.355 e. The van der Waals surface area contributed by atoms with E-state index in [0.717, 1.165) is 12.8 Å². The number of hydrogen-bond acceptors (Lipinski definition) is 4. The first-order valence-electron chi connectivity index (χ1n) is 6.65. The smallest absolute Gasteiger partial charge is 0.224 e. The van der Waals surface area contributed by atoms with Gasteiger partial charge in [-0.15, -0.1) is 0 Å². The molecule has 0 aromatic rings. The van der Waals surface area contributed by atoms with Crippen molar-refractivity contribution in [2.75, 3.05) is 24.6 Å². The molecule has 1 atom stereocenters. The lowest BCUT2D eigenvalue weighted by atomic mass is 9.86. The fourth-order valence-electron chi connectivity index (χ4n) is 3.00. The monoisotopic (exact) mass is 274 g/mol. The van der Waals surface area contributed by atoms with Gasteiger partial charge in [0.2, 0.25) is 5.91 Å². The van der Waals surface area contributed by atoms with E-state index in [-0.39, 0.29) is 28.7 Å². The van der Waals surface area contributed by atoms with E-state index in [0.29, 0.717) is 19.5 Å². The van der Waals surface area contributed by atoms with Crippen molar-refractivity contribution in [2.24, 2.45) is 17.1 Å². The summed E-state index contributed by atoms with van der Waals surface area (Å²) < 4.78 is 22.7. The fraction of sp³-hybridized carbons (Fsp3) is 0.917. The Morgan fingerprint density at radius 3 is 2.50 bits per heavy atom. The van der Waals surface area contributed by atoms with Crippen molar-refractivity contribution < 1.29 is 13.2 Å². The van der Waals surface area contributed by atoms with E-state index in [1.807, 2.05) is 0 Å². The van der Waals surface area contributed by atoms with Crippen molar-refractivity contribution in [3.05, 3.63) is 0 Å². The Morgan fingerprint density at radius 1 is 1.33 bits per heavy atom. The summed E-state index contributed by atoms with van der Waals surface area (Å²) in [5.41, 5.74) is 5.85. The third kappa shape index (κ3) is 3.03. The molecule has 104 valence electrons. The Balaban J connectivity index is 1.85. The van der Waals surface area contributed by atoms with Crippen LogP contribution >= 0.6 is 0 Å². The molecule has 6 heteroatoms. The van der Waals surface area contributed by atoms with Gasteiger partial charge in [-0.1, -0.05) is 12.8 Å². The lowest BCUT2D eigenvalue weighted by molar-refractivity contribution is -0.124. The highest BCUT2D eigenvalue weighted by Gasteiger charge is 2.36. The van der Waals surface area contributed by atoms with Crippen LogP contribution in [0.1, 0.15) is 32.1 Å². The van der Waals surface area contributed by atoms with Crippen LogP contribution in [0.4, 0.5) is 0 Å². The summed E-state index contributed by atoms with van der Waals surface area (Å²) in [6.45, 7) is 1.19. The van der Waals surface area contributed by atoms with Crippen molar-refractivity contribution >= 4 is 15.7 Å². The van der Waals surface area contributed by atoms with Gasteiger partial charge in [0.25, 0.3) is 0 Å². The van der Waals surface area contributed by atoms with Crippen molar-refractivity contribution in [3.8, 4) is 0 Å². The van der Waals surface area contributed by atoms with Gasteiger partial charge in [0.15, 0.2) is 9.84 Å². The molecule has 0 bridgehead atoms. The molecule has 1 heterocycles. The maximum atomic E-state index is 11.9. The maximum absolute atomic E-state index is 11.9. The molecule has 3 N–H and O–H groups in total. The van der Waals surface area contributed by atoms with Gasteiger partial charge in [0.1, 0.15) is 0 Å². The van der Waals surface area contributed by atoms with Crippen LogP contribution in [0.25, 0.3) is 0 Å². The highest BCUT2D eigenvalue weighted by molar-refractivity contribution is 7.91. The van der Waals surface area contributed by atoms with Gasteiger partial charge in [-0.05, 0) is 31.2 Å². The molecule has 0 aromatic carbocycles. The Hall–Kier alpha value is -0.620. The van der Waals surface area contributed by atoms with E-state index in [1.54, 1.807) is 0 Å². The molecule has 0 aromatic heterocycles. The summed E-state index contributed by atoms with van der Waals surface area (Å²) in [5, 5.41) is 2.91. The molecule has 2 fully saturated rings. The number of nitrogens with two attached hydrogens (primary N) is 1. The molecule has 2 aliphatic rings. The molecular formula is C12H22N2O3S. The first-order chi connectivity index (χ1) is 8.46. The van der Waals surface area contributed by atoms with Crippen LogP contribution in [-0.4, -0.2) is 38.9 Å². The van der Waals surface area contributed by atoms with Gasteiger partial charge in [-0.3, -0.25) is 4.79 Å². The molecule has 1 aliphatic heterocycles. The second-order valence-corrected chi connectivity index (χ2v) is 7.96. The van der Waals surface area contributed by atoms with Gasteiger partial charge >= 0.3 is 0 Å². The van der Waals surface area contributed by atoms with Crippen LogP contribution in [0.15, 0.2) is 0 Å². The number of nitrogens with one attached hydrogen (secondary N) is 1. The number of rotatable bonds is 4. The fourth-order valence-corrected chi connectivity index (χ4v) is 4.74. The highest BCUT2D eigenvalue weighted by Crippen LogP contribution is 2.36. The molecular weight excluding hydrogens is 252 g/mol. The van der Waals surface area contributed by atoms with Crippen LogP contribution in [0.5, 0.6) is 0 Å².